The van der Waals surface area contributed by atoms with E-state index in [1.165, 1.54) is 0 Å². The molecule has 0 aliphatic carbocycles. The van der Waals surface area contributed by atoms with Crippen LogP contribution >= 0.6 is 24.0 Å². The quantitative estimate of drug-likeness (QED) is 0.337. The Labute approximate surface area is 186 Å². The van der Waals surface area contributed by atoms with Gasteiger partial charge in [0.25, 0.3) is 0 Å². The Hall–Kier alpha value is -1.42. The zero-order valence-corrected chi connectivity index (χ0v) is 20.2. The van der Waals surface area contributed by atoms with Crippen molar-refractivity contribution >= 4 is 29.9 Å². The van der Waals surface area contributed by atoms with Gasteiger partial charge in [-0.1, -0.05) is 0 Å². The first-order valence-corrected chi connectivity index (χ1v) is 9.52. The number of ether oxygens (including phenoxy) is 3. The molecule has 1 fully saturated rings. The molecule has 0 amide bonds. The Bertz CT molecular complexity index is 607. The molecule has 0 radical (unpaired) electrons. The maximum atomic E-state index is 5.51. The molecule has 2 N–H and O–H groups in total. The first-order valence-electron chi connectivity index (χ1n) is 9.52. The highest BCUT2D eigenvalue weighted by Crippen LogP contribution is 2.33. The molecule has 0 aromatic heterocycles. The lowest BCUT2D eigenvalue weighted by Crippen LogP contribution is -2.49. The van der Waals surface area contributed by atoms with Crippen molar-refractivity contribution in [3.63, 3.8) is 0 Å². The van der Waals surface area contributed by atoms with E-state index in [9.17, 15) is 0 Å². The molecule has 1 heterocycles. The van der Waals surface area contributed by atoms with E-state index in [0.29, 0.717) is 24.4 Å². The maximum Gasteiger partial charge on any atom is 0.191 e. The number of nitrogens with one attached hydrogen (secondary N) is 2. The van der Waals surface area contributed by atoms with Crippen LogP contribution in [0.2, 0.25) is 0 Å². The molecule has 28 heavy (non-hydrogen) atoms. The number of rotatable bonds is 7. The minimum absolute atomic E-state index is 0. The van der Waals surface area contributed by atoms with Gasteiger partial charge in [-0.15, -0.1) is 24.0 Å². The van der Waals surface area contributed by atoms with Gasteiger partial charge in [0, 0.05) is 44.4 Å². The summed E-state index contributed by atoms with van der Waals surface area (Å²) < 4.78 is 16.3. The minimum atomic E-state index is 0. The van der Waals surface area contributed by atoms with E-state index in [2.05, 4.69) is 34.4 Å². The molecular weight excluding hydrogens is 471 g/mol. The lowest BCUT2D eigenvalue weighted by atomic mass is 10.0. The molecule has 0 saturated carbocycles. The Balaban J connectivity index is 0.00000392. The standard InChI is InChI=1S/C20H34N4O3.HI/c1-14(2)24-9-7-15(8-10-24)23-20(21-3)22-13-17-18(26-5)11-16(25-4)12-19(17)27-6;/h11-12,14-15H,7-10,13H2,1-6H3,(H2,21,22,23);1H. The third-order valence-corrected chi connectivity index (χ3v) is 5.07. The average molecular weight is 506 g/mol. The number of methoxy groups -OCH3 is 3. The van der Waals surface area contributed by atoms with Crippen LogP contribution in [0.5, 0.6) is 17.2 Å². The molecule has 0 bridgehead atoms. The Morgan fingerprint density at radius 3 is 2.11 bits per heavy atom. The SMILES string of the molecule is CN=C(NCc1c(OC)cc(OC)cc1OC)NC1CCN(C(C)C)CC1.I. The topological polar surface area (TPSA) is 67.4 Å². The van der Waals surface area contributed by atoms with Crippen molar-refractivity contribution in [1.29, 1.82) is 0 Å². The fourth-order valence-electron chi connectivity index (χ4n) is 3.37. The molecule has 1 aliphatic heterocycles. The van der Waals surface area contributed by atoms with Crippen molar-refractivity contribution < 1.29 is 14.2 Å². The van der Waals surface area contributed by atoms with Gasteiger partial charge in [0.1, 0.15) is 17.2 Å². The van der Waals surface area contributed by atoms with Gasteiger partial charge < -0.3 is 29.7 Å². The Kier molecular flexibility index (Phi) is 10.7. The summed E-state index contributed by atoms with van der Waals surface area (Å²) in [6, 6.07) is 4.76. The number of nitrogens with zero attached hydrogens (tertiary/aromatic N) is 2. The number of aliphatic imine (C=N–C) groups is 1. The number of hydrogen-bond donors (Lipinski definition) is 2. The van der Waals surface area contributed by atoms with Crippen LogP contribution in [0.25, 0.3) is 0 Å². The number of likely N-dealkylation sites (tertiary alicyclic amines) is 1. The van der Waals surface area contributed by atoms with Gasteiger partial charge in [0.05, 0.1) is 33.4 Å². The molecule has 0 unspecified atom stereocenters. The van der Waals surface area contributed by atoms with Crippen LogP contribution < -0.4 is 24.8 Å². The molecule has 0 spiro atoms. The molecule has 2 rings (SSSR count). The van der Waals surface area contributed by atoms with Crippen molar-refractivity contribution in [3.8, 4) is 17.2 Å². The van der Waals surface area contributed by atoms with E-state index in [1.54, 1.807) is 28.4 Å². The smallest absolute Gasteiger partial charge is 0.191 e. The largest absolute Gasteiger partial charge is 0.496 e. The van der Waals surface area contributed by atoms with Crippen molar-refractivity contribution in [2.75, 3.05) is 41.5 Å². The fraction of sp³-hybridized carbons (Fsp3) is 0.650. The molecule has 1 aromatic rings. The second-order valence-corrected chi connectivity index (χ2v) is 6.98. The van der Waals surface area contributed by atoms with E-state index < -0.39 is 0 Å². The summed E-state index contributed by atoms with van der Waals surface area (Å²) in [5, 5.41) is 6.92. The highest BCUT2D eigenvalue weighted by Gasteiger charge is 2.21. The zero-order chi connectivity index (χ0) is 19.8. The average Bonchev–Trinajstić information content (AvgIpc) is 2.70. The summed E-state index contributed by atoms with van der Waals surface area (Å²) >= 11 is 0. The third kappa shape index (κ3) is 6.58. The number of piperidine rings is 1. The van der Waals surface area contributed by atoms with E-state index in [0.717, 1.165) is 49.0 Å². The number of benzene rings is 1. The van der Waals surface area contributed by atoms with Crippen molar-refractivity contribution in [2.45, 2.75) is 45.3 Å². The van der Waals surface area contributed by atoms with Gasteiger partial charge in [-0.3, -0.25) is 4.99 Å². The van der Waals surface area contributed by atoms with Gasteiger partial charge in [0.15, 0.2) is 5.96 Å². The second kappa shape index (κ2) is 12.2. The summed E-state index contributed by atoms with van der Waals surface area (Å²) in [6.45, 7) is 7.29. The molecule has 160 valence electrons. The molecule has 1 aliphatic rings. The van der Waals surface area contributed by atoms with Crippen LogP contribution in [0.3, 0.4) is 0 Å². The van der Waals surface area contributed by atoms with Gasteiger partial charge in [-0.05, 0) is 26.7 Å². The highest BCUT2D eigenvalue weighted by molar-refractivity contribution is 14.0. The van der Waals surface area contributed by atoms with Crippen LogP contribution in [0.1, 0.15) is 32.3 Å². The summed E-state index contributed by atoms with van der Waals surface area (Å²) in [5.74, 6) is 2.93. The fourth-order valence-corrected chi connectivity index (χ4v) is 3.37. The van der Waals surface area contributed by atoms with E-state index in [1.807, 2.05) is 12.1 Å². The van der Waals surface area contributed by atoms with Crippen LogP contribution in [0, 0.1) is 0 Å². The third-order valence-electron chi connectivity index (χ3n) is 5.07. The summed E-state index contributed by atoms with van der Waals surface area (Å²) in [4.78, 5) is 6.89. The number of hydrogen-bond acceptors (Lipinski definition) is 5. The molecule has 1 saturated heterocycles. The van der Waals surface area contributed by atoms with Crippen molar-refractivity contribution in [1.82, 2.24) is 15.5 Å². The predicted molar refractivity (Wildman–Crippen MR) is 125 cm³/mol. The van der Waals surface area contributed by atoms with Gasteiger partial charge >= 0.3 is 0 Å². The maximum absolute atomic E-state index is 5.51. The van der Waals surface area contributed by atoms with Gasteiger partial charge in [-0.2, -0.15) is 0 Å². The van der Waals surface area contributed by atoms with E-state index >= 15 is 0 Å². The summed E-state index contributed by atoms with van der Waals surface area (Å²) in [5.41, 5.74) is 0.929. The Morgan fingerprint density at radius 2 is 1.68 bits per heavy atom. The molecule has 7 nitrogen and oxygen atoms in total. The van der Waals surface area contributed by atoms with Crippen LogP contribution in [-0.4, -0.2) is 64.4 Å². The lowest BCUT2D eigenvalue weighted by molar-refractivity contribution is 0.167. The van der Waals surface area contributed by atoms with Crippen molar-refractivity contribution in [3.05, 3.63) is 17.7 Å². The summed E-state index contributed by atoms with van der Waals surface area (Å²) in [6.07, 6.45) is 2.24. The first kappa shape index (κ1) is 24.6. The summed E-state index contributed by atoms with van der Waals surface area (Å²) in [7, 11) is 6.71. The first-order chi connectivity index (χ1) is 13.0. The van der Waals surface area contributed by atoms with Crippen LogP contribution in [0.4, 0.5) is 0 Å². The van der Waals surface area contributed by atoms with Crippen LogP contribution in [0.15, 0.2) is 17.1 Å². The van der Waals surface area contributed by atoms with E-state index in [4.69, 9.17) is 14.2 Å². The van der Waals surface area contributed by atoms with Gasteiger partial charge in [-0.25, -0.2) is 0 Å². The predicted octanol–water partition coefficient (Wildman–Crippen LogP) is 2.87. The lowest BCUT2D eigenvalue weighted by Gasteiger charge is -2.35. The van der Waals surface area contributed by atoms with Crippen molar-refractivity contribution in [2.24, 2.45) is 4.99 Å². The highest BCUT2D eigenvalue weighted by atomic mass is 127. The number of halogens is 1. The molecular formula is C20H35IN4O3. The second-order valence-electron chi connectivity index (χ2n) is 6.98. The molecule has 1 aromatic carbocycles. The molecule has 8 heteroatoms. The monoisotopic (exact) mass is 506 g/mol. The Morgan fingerprint density at radius 1 is 1.11 bits per heavy atom. The van der Waals surface area contributed by atoms with Gasteiger partial charge in [0.2, 0.25) is 0 Å². The minimum Gasteiger partial charge on any atom is -0.496 e. The van der Waals surface area contributed by atoms with E-state index in [-0.39, 0.29) is 24.0 Å². The number of guanidine groups is 1. The zero-order valence-electron chi connectivity index (χ0n) is 17.9. The normalized spacial score (nSPS) is 15.8. The molecule has 0 atom stereocenters. The van der Waals surface area contributed by atoms with Crippen LogP contribution in [-0.2, 0) is 6.54 Å².